The van der Waals surface area contributed by atoms with Gasteiger partial charge >= 0.3 is 0 Å². The number of benzene rings is 3. The minimum absolute atomic E-state index is 0.00813. The van der Waals surface area contributed by atoms with E-state index in [9.17, 15) is 0 Å². The SMILES string of the molecule is CC(C)(CCC(C)(C)c1ccnc2c(-c3ccccc3)ncnc12)c1ccc2cc3ccccc3nc2c1. The molecule has 0 aliphatic carbocycles. The molecule has 3 heterocycles. The summed E-state index contributed by atoms with van der Waals surface area (Å²) >= 11 is 0. The van der Waals surface area contributed by atoms with Gasteiger partial charge in [0.2, 0.25) is 0 Å². The molecule has 4 heteroatoms. The normalized spacial score (nSPS) is 12.4. The van der Waals surface area contributed by atoms with Crippen molar-refractivity contribution in [3.05, 3.63) is 109 Å². The predicted molar refractivity (Wildman–Crippen MR) is 157 cm³/mol. The Morgan fingerprint density at radius 2 is 1.34 bits per heavy atom. The lowest BCUT2D eigenvalue weighted by Gasteiger charge is -2.32. The van der Waals surface area contributed by atoms with Crippen LogP contribution in [0.3, 0.4) is 0 Å². The third-order valence-electron chi connectivity index (χ3n) is 7.97. The molecular weight excluding hydrogens is 464 g/mol. The van der Waals surface area contributed by atoms with Crippen molar-refractivity contribution in [3.8, 4) is 11.3 Å². The summed E-state index contributed by atoms with van der Waals surface area (Å²) in [6.45, 7) is 9.31. The molecule has 0 saturated heterocycles. The molecule has 6 rings (SSSR count). The molecule has 0 N–H and O–H groups in total. The van der Waals surface area contributed by atoms with E-state index >= 15 is 0 Å². The average molecular weight is 497 g/mol. The number of nitrogens with zero attached hydrogens (tertiary/aromatic N) is 4. The third kappa shape index (κ3) is 4.41. The smallest absolute Gasteiger partial charge is 0.116 e. The summed E-state index contributed by atoms with van der Waals surface area (Å²) in [6, 6.07) is 29.7. The van der Waals surface area contributed by atoms with Gasteiger partial charge in [0.05, 0.1) is 22.2 Å². The summed E-state index contributed by atoms with van der Waals surface area (Å²) < 4.78 is 0. The van der Waals surface area contributed by atoms with E-state index in [1.54, 1.807) is 6.33 Å². The van der Waals surface area contributed by atoms with Crippen LogP contribution in [0.25, 0.3) is 44.1 Å². The Hall–Kier alpha value is -4.18. The van der Waals surface area contributed by atoms with Crippen LogP contribution in [0.2, 0.25) is 0 Å². The van der Waals surface area contributed by atoms with Crippen LogP contribution in [0.1, 0.15) is 51.7 Å². The molecule has 0 unspecified atom stereocenters. The molecule has 188 valence electrons. The summed E-state index contributed by atoms with van der Waals surface area (Å²) in [5, 5.41) is 2.36. The van der Waals surface area contributed by atoms with Gasteiger partial charge in [-0.2, -0.15) is 0 Å². The molecule has 0 fully saturated rings. The first kappa shape index (κ1) is 24.2. The van der Waals surface area contributed by atoms with Crippen molar-refractivity contribution in [2.75, 3.05) is 0 Å². The van der Waals surface area contributed by atoms with E-state index in [0.717, 1.165) is 46.2 Å². The Labute approximate surface area is 223 Å². The molecule has 6 aromatic rings. The van der Waals surface area contributed by atoms with Gasteiger partial charge in [-0.3, -0.25) is 4.98 Å². The molecule has 0 spiro atoms. The highest BCUT2D eigenvalue weighted by molar-refractivity contribution is 5.93. The van der Waals surface area contributed by atoms with E-state index in [4.69, 9.17) is 15.0 Å². The van der Waals surface area contributed by atoms with E-state index in [-0.39, 0.29) is 10.8 Å². The molecule has 0 atom stereocenters. The number of para-hydroxylation sites is 1. The van der Waals surface area contributed by atoms with E-state index in [1.165, 1.54) is 21.9 Å². The van der Waals surface area contributed by atoms with Crippen LogP contribution in [0.15, 0.2) is 97.5 Å². The molecule has 0 amide bonds. The van der Waals surface area contributed by atoms with Gasteiger partial charge in [0.1, 0.15) is 11.8 Å². The zero-order valence-corrected chi connectivity index (χ0v) is 22.4. The molecule has 3 aromatic heterocycles. The maximum absolute atomic E-state index is 4.95. The van der Waals surface area contributed by atoms with Crippen LogP contribution in [-0.2, 0) is 10.8 Å². The molecule has 4 nitrogen and oxygen atoms in total. The van der Waals surface area contributed by atoms with Gasteiger partial charge in [-0.15, -0.1) is 0 Å². The number of hydrogen-bond donors (Lipinski definition) is 0. The molecule has 3 aromatic carbocycles. The summed E-state index contributed by atoms with van der Waals surface area (Å²) in [7, 11) is 0. The molecule has 0 radical (unpaired) electrons. The van der Waals surface area contributed by atoms with E-state index in [1.807, 2.05) is 30.5 Å². The van der Waals surface area contributed by atoms with E-state index in [2.05, 4.69) is 93.3 Å². The third-order valence-corrected chi connectivity index (χ3v) is 7.97. The zero-order chi connectivity index (χ0) is 26.3. The second-order valence-corrected chi connectivity index (χ2v) is 11.5. The monoisotopic (exact) mass is 496 g/mol. The van der Waals surface area contributed by atoms with Gasteiger partial charge in [-0.05, 0) is 59.1 Å². The fraction of sp³-hybridized carbons (Fsp3) is 0.235. The Balaban J connectivity index is 1.30. The summed E-state index contributed by atoms with van der Waals surface area (Å²) in [6.07, 6.45) is 5.60. The molecule has 0 bridgehead atoms. The standard InChI is InChI=1S/C34H32N4/c1-33(2,26-15-14-25-20-24-12-8-9-13-28(24)38-29(25)21-26)17-18-34(3,4)27-16-19-35-32-30(36-22-37-31(27)32)23-10-6-5-7-11-23/h5-16,19-22H,17-18H2,1-4H3. The second kappa shape index (κ2) is 9.29. The Morgan fingerprint density at radius 1 is 0.605 bits per heavy atom. The second-order valence-electron chi connectivity index (χ2n) is 11.5. The van der Waals surface area contributed by atoms with Gasteiger partial charge in [-0.25, -0.2) is 15.0 Å². The Kier molecular flexibility index (Phi) is 5.91. The Morgan fingerprint density at radius 3 is 2.18 bits per heavy atom. The highest BCUT2D eigenvalue weighted by Crippen LogP contribution is 2.39. The fourth-order valence-corrected chi connectivity index (χ4v) is 5.41. The van der Waals surface area contributed by atoms with Crippen molar-refractivity contribution in [2.45, 2.75) is 51.4 Å². The maximum Gasteiger partial charge on any atom is 0.116 e. The first-order valence-electron chi connectivity index (χ1n) is 13.3. The average Bonchev–Trinajstić information content (AvgIpc) is 2.94. The number of pyridine rings is 2. The van der Waals surface area contributed by atoms with Gasteiger partial charge in [0, 0.05) is 22.5 Å². The number of fused-ring (bicyclic) bond motifs is 3. The van der Waals surface area contributed by atoms with Crippen LogP contribution < -0.4 is 0 Å². The largest absolute Gasteiger partial charge is 0.252 e. The van der Waals surface area contributed by atoms with Crippen molar-refractivity contribution in [2.24, 2.45) is 0 Å². The van der Waals surface area contributed by atoms with Crippen LogP contribution in [-0.4, -0.2) is 19.9 Å². The van der Waals surface area contributed by atoms with Gasteiger partial charge in [0.25, 0.3) is 0 Å². The first-order valence-corrected chi connectivity index (χ1v) is 13.3. The lowest BCUT2D eigenvalue weighted by Crippen LogP contribution is -2.25. The minimum atomic E-state index is -0.0912. The minimum Gasteiger partial charge on any atom is -0.252 e. The highest BCUT2D eigenvalue weighted by Gasteiger charge is 2.29. The van der Waals surface area contributed by atoms with Crippen LogP contribution >= 0.6 is 0 Å². The molecule has 0 aliphatic heterocycles. The highest BCUT2D eigenvalue weighted by atomic mass is 14.9. The van der Waals surface area contributed by atoms with Crippen molar-refractivity contribution >= 4 is 32.8 Å². The number of rotatable bonds is 6. The van der Waals surface area contributed by atoms with Gasteiger partial charge in [-0.1, -0.05) is 88.4 Å². The van der Waals surface area contributed by atoms with Crippen LogP contribution in [0.5, 0.6) is 0 Å². The summed E-state index contributed by atoms with van der Waals surface area (Å²) in [5.41, 5.74) is 8.25. The van der Waals surface area contributed by atoms with Crippen LogP contribution in [0.4, 0.5) is 0 Å². The quantitative estimate of drug-likeness (QED) is 0.217. The predicted octanol–water partition coefficient (Wildman–Crippen LogP) is 8.43. The molecule has 0 aliphatic rings. The molecule has 0 saturated carbocycles. The fourth-order valence-electron chi connectivity index (χ4n) is 5.41. The van der Waals surface area contributed by atoms with Gasteiger partial charge in [0.15, 0.2) is 0 Å². The van der Waals surface area contributed by atoms with Crippen LogP contribution in [0, 0.1) is 0 Å². The molecular formula is C34H32N4. The van der Waals surface area contributed by atoms with Crippen molar-refractivity contribution in [3.63, 3.8) is 0 Å². The summed E-state index contributed by atoms with van der Waals surface area (Å²) in [5.74, 6) is 0. The molecule has 38 heavy (non-hydrogen) atoms. The van der Waals surface area contributed by atoms with Crippen molar-refractivity contribution < 1.29 is 0 Å². The van der Waals surface area contributed by atoms with E-state index in [0.29, 0.717) is 0 Å². The summed E-state index contributed by atoms with van der Waals surface area (Å²) in [4.78, 5) is 19.0. The topological polar surface area (TPSA) is 51.6 Å². The van der Waals surface area contributed by atoms with E-state index < -0.39 is 0 Å². The first-order chi connectivity index (χ1) is 18.3. The lowest BCUT2D eigenvalue weighted by atomic mass is 9.72. The van der Waals surface area contributed by atoms with Crippen molar-refractivity contribution in [1.29, 1.82) is 0 Å². The zero-order valence-electron chi connectivity index (χ0n) is 22.4. The maximum atomic E-state index is 4.95. The van der Waals surface area contributed by atoms with Gasteiger partial charge < -0.3 is 0 Å². The Bertz CT molecular complexity index is 1770. The number of aromatic nitrogens is 4. The lowest BCUT2D eigenvalue weighted by molar-refractivity contribution is 0.376. The number of hydrogen-bond acceptors (Lipinski definition) is 4. The van der Waals surface area contributed by atoms with Crippen molar-refractivity contribution in [1.82, 2.24) is 19.9 Å².